The molecule has 1 aliphatic rings. The number of aromatic nitrogens is 2. The molecule has 2 aromatic rings. The van der Waals surface area contributed by atoms with Crippen molar-refractivity contribution < 1.29 is 4.79 Å². The lowest BCUT2D eigenvalue weighted by Crippen LogP contribution is -2.59. The van der Waals surface area contributed by atoms with Gasteiger partial charge in [-0.2, -0.15) is 5.10 Å². The Kier molecular flexibility index (Phi) is 3.68. The number of hydrogen-bond acceptors (Lipinski definition) is 3. The van der Waals surface area contributed by atoms with Crippen LogP contribution in [0, 0.1) is 5.92 Å². The van der Waals surface area contributed by atoms with Gasteiger partial charge < -0.3 is 11.1 Å². The van der Waals surface area contributed by atoms with Crippen molar-refractivity contribution in [3.63, 3.8) is 0 Å². The van der Waals surface area contributed by atoms with E-state index >= 15 is 0 Å². The Bertz CT molecular complexity index is 651. The van der Waals surface area contributed by atoms with E-state index < -0.39 is 0 Å². The van der Waals surface area contributed by atoms with E-state index in [-0.39, 0.29) is 11.4 Å². The summed E-state index contributed by atoms with van der Waals surface area (Å²) >= 11 is 0. The number of fused-ring (bicyclic) bond motifs is 1. The zero-order valence-electron chi connectivity index (χ0n) is 12.4. The predicted molar refractivity (Wildman–Crippen MR) is 82.1 cm³/mol. The smallest absolute Gasteiger partial charge is 0.255 e. The average Bonchev–Trinajstić information content (AvgIpc) is 2.94. The monoisotopic (exact) mass is 286 g/mol. The number of hydrogen-bond donors (Lipinski definition) is 2. The number of rotatable bonds is 3. The van der Waals surface area contributed by atoms with Crippen LogP contribution >= 0.6 is 0 Å². The molecule has 1 saturated carbocycles. The maximum absolute atomic E-state index is 12.7. The van der Waals surface area contributed by atoms with E-state index in [4.69, 9.17) is 5.73 Å². The first-order chi connectivity index (χ1) is 10.2. The lowest BCUT2D eigenvalue weighted by molar-refractivity contribution is 0.0814. The van der Waals surface area contributed by atoms with E-state index in [1.807, 2.05) is 24.4 Å². The molecule has 1 aliphatic carbocycles. The lowest BCUT2D eigenvalue weighted by Gasteiger charge is -2.42. The van der Waals surface area contributed by atoms with Crippen LogP contribution in [-0.4, -0.2) is 27.6 Å². The summed E-state index contributed by atoms with van der Waals surface area (Å²) in [7, 11) is 0. The molecule has 0 radical (unpaired) electrons. The highest BCUT2D eigenvalue weighted by Crippen LogP contribution is 2.33. The molecule has 0 bridgehead atoms. The van der Waals surface area contributed by atoms with Crippen molar-refractivity contribution in [1.82, 2.24) is 14.9 Å². The van der Waals surface area contributed by atoms with E-state index in [1.54, 1.807) is 10.7 Å². The fraction of sp³-hybridized carbons (Fsp3) is 0.500. The van der Waals surface area contributed by atoms with E-state index in [0.717, 1.165) is 24.8 Å². The number of nitrogens with zero attached hydrogens (tertiary/aromatic N) is 2. The minimum Gasteiger partial charge on any atom is -0.345 e. The van der Waals surface area contributed by atoms with Crippen molar-refractivity contribution in [2.24, 2.45) is 11.7 Å². The van der Waals surface area contributed by atoms with Crippen molar-refractivity contribution in [1.29, 1.82) is 0 Å². The zero-order chi connectivity index (χ0) is 14.9. The van der Waals surface area contributed by atoms with Crippen LogP contribution < -0.4 is 11.1 Å². The van der Waals surface area contributed by atoms with Gasteiger partial charge in [-0.25, -0.2) is 4.52 Å². The van der Waals surface area contributed by atoms with Crippen molar-refractivity contribution in [2.45, 2.75) is 38.1 Å². The van der Waals surface area contributed by atoms with Crippen molar-refractivity contribution >= 4 is 11.4 Å². The lowest BCUT2D eigenvalue weighted by atomic mass is 9.73. The van der Waals surface area contributed by atoms with Crippen LogP contribution in [0.2, 0.25) is 0 Å². The van der Waals surface area contributed by atoms with Crippen LogP contribution in [0.4, 0.5) is 0 Å². The summed E-state index contributed by atoms with van der Waals surface area (Å²) in [5.74, 6) is 0.331. The third kappa shape index (κ3) is 2.42. The third-order valence-corrected chi connectivity index (χ3v) is 4.85. The number of carbonyl (C=O) groups excluding carboxylic acids is 1. The Balaban J connectivity index is 1.88. The highest BCUT2D eigenvalue weighted by atomic mass is 16.1. The van der Waals surface area contributed by atoms with Crippen LogP contribution in [-0.2, 0) is 0 Å². The highest BCUT2D eigenvalue weighted by molar-refractivity contribution is 6.01. The summed E-state index contributed by atoms with van der Waals surface area (Å²) in [6.45, 7) is 2.67. The van der Waals surface area contributed by atoms with Gasteiger partial charge >= 0.3 is 0 Å². The maximum atomic E-state index is 12.7. The molecule has 0 saturated heterocycles. The van der Waals surface area contributed by atoms with Gasteiger partial charge in [0.05, 0.1) is 22.8 Å². The van der Waals surface area contributed by atoms with Gasteiger partial charge in [-0.15, -0.1) is 0 Å². The Labute approximate surface area is 124 Å². The second-order valence-electron chi connectivity index (χ2n) is 6.05. The quantitative estimate of drug-likeness (QED) is 0.906. The van der Waals surface area contributed by atoms with Gasteiger partial charge in [0.1, 0.15) is 0 Å². The van der Waals surface area contributed by atoms with Gasteiger partial charge in [-0.05, 0) is 30.9 Å². The van der Waals surface area contributed by atoms with Crippen LogP contribution in [0.3, 0.4) is 0 Å². The summed E-state index contributed by atoms with van der Waals surface area (Å²) in [5.41, 5.74) is 7.16. The molecule has 1 fully saturated rings. The molecule has 0 aromatic carbocycles. The van der Waals surface area contributed by atoms with Crippen LogP contribution in [0.1, 0.15) is 43.0 Å². The molecule has 1 amide bonds. The van der Waals surface area contributed by atoms with Gasteiger partial charge in [-0.1, -0.05) is 25.8 Å². The summed E-state index contributed by atoms with van der Waals surface area (Å²) in [4.78, 5) is 12.7. The van der Waals surface area contributed by atoms with Crippen molar-refractivity contribution in [3.8, 4) is 0 Å². The summed E-state index contributed by atoms with van der Waals surface area (Å²) in [5, 5.41) is 7.43. The van der Waals surface area contributed by atoms with E-state index in [2.05, 4.69) is 17.3 Å². The van der Waals surface area contributed by atoms with Crippen LogP contribution in [0.25, 0.3) is 5.52 Å². The Morgan fingerprint density at radius 3 is 3.14 bits per heavy atom. The van der Waals surface area contributed by atoms with Gasteiger partial charge in [0, 0.05) is 12.7 Å². The van der Waals surface area contributed by atoms with Crippen LogP contribution in [0.5, 0.6) is 0 Å². The first-order valence-corrected chi connectivity index (χ1v) is 7.61. The fourth-order valence-electron chi connectivity index (χ4n) is 3.36. The molecule has 2 aromatic heterocycles. The third-order valence-electron chi connectivity index (χ3n) is 4.85. The summed E-state index contributed by atoms with van der Waals surface area (Å²) in [6.07, 6.45) is 7.88. The number of nitrogens with one attached hydrogen (secondary N) is 1. The molecule has 0 aliphatic heterocycles. The maximum Gasteiger partial charge on any atom is 0.255 e. The van der Waals surface area contributed by atoms with Crippen LogP contribution in [0.15, 0.2) is 30.6 Å². The molecule has 3 N–H and O–H groups in total. The summed E-state index contributed by atoms with van der Waals surface area (Å²) < 4.78 is 1.72. The molecule has 112 valence electrons. The number of amides is 1. The fourth-order valence-corrected chi connectivity index (χ4v) is 3.36. The standard InChI is InChI=1S/C16H22N4O/c1-12-6-2-4-8-16(12,11-17)19-15(21)13-10-18-20-9-5-3-7-14(13)20/h3,5,7,9-10,12H,2,4,6,8,11,17H2,1H3,(H,19,21). The second kappa shape index (κ2) is 5.48. The number of nitrogens with two attached hydrogens (primary N) is 1. The minimum absolute atomic E-state index is 0.0737. The second-order valence-corrected chi connectivity index (χ2v) is 6.05. The first-order valence-electron chi connectivity index (χ1n) is 7.61. The molecular formula is C16H22N4O. The molecule has 2 atom stereocenters. The molecule has 2 unspecified atom stereocenters. The van der Waals surface area contributed by atoms with E-state index in [9.17, 15) is 4.79 Å². The van der Waals surface area contributed by atoms with Gasteiger partial charge in [0.2, 0.25) is 0 Å². The Morgan fingerprint density at radius 1 is 1.52 bits per heavy atom. The molecule has 21 heavy (non-hydrogen) atoms. The normalized spacial score (nSPS) is 25.9. The first kappa shape index (κ1) is 14.1. The Hall–Kier alpha value is -1.88. The molecule has 3 rings (SSSR count). The molecule has 5 heteroatoms. The molecule has 0 spiro atoms. The summed E-state index contributed by atoms with van der Waals surface area (Å²) in [6, 6.07) is 5.71. The Morgan fingerprint density at radius 2 is 2.38 bits per heavy atom. The minimum atomic E-state index is -0.279. The van der Waals surface area contributed by atoms with E-state index in [1.165, 1.54) is 6.42 Å². The predicted octanol–water partition coefficient (Wildman–Crippen LogP) is 1.97. The van der Waals surface area contributed by atoms with Gasteiger partial charge in [0.15, 0.2) is 0 Å². The highest BCUT2D eigenvalue weighted by Gasteiger charge is 2.38. The topological polar surface area (TPSA) is 72.4 Å². The molecular weight excluding hydrogens is 264 g/mol. The van der Waals surface area contributed by atoms with Crippen molar-refractivity contribution in [2.75, 3.05) is 6.54 Å². The van der Waals surface area contributed by atoms with E-state index in [0.29, 0.717) is 18.0 Å². The SMILES string of the molecule is CC1CCCCC1(CN)NC(=O)c1cnn2ccccc12. The zero-order valence-corrected chi connectivity index (χ0v) is 12.4. The van der Waals surface area contributed by atoms with Gasteiger partial charge in [0.25, 0.3) is 5.91 Å². The molecule has 5 nitrogen and oxygen atoms in total. The average molecular weight is 286 g/mol. The number of carbonyl (C=O) groups is 1. The van der Waals surface area contributed by atoms with Gasteiger partial charge in [-0.3, -0.25) is 4.79 Å². The largest absolute Gasteiger partial charge is 0.345 e. The number of pyridine rings is 1. The van der Waals surface area contributed by atoms with Crippen molar-refractivity contribution in [3.05, 3.63) is 36.2 Å². The molecule has 2 heterocycles.